The fraction of sp³-hybridized carbons (Fsp3) is 0.200. The van der Waals surface area contributed by atoms with Crippen LogP contribution < -0.4 is 0 Å². The summed E-state index contributed by atoms with van der Waals surface area (Å²) in [5.74, 6) is 0.383. The van der Waals surface area contributed by atoms with Gasteiger partial charge < -0.3 is 9.30 Å². The van der Waals surface area contributed by atoms with Crippen LogP contribution >= 0.6 is 0 Å². The molecule has 0 bridgehead atoms. The fourth-order valence-corrected chi connectivity index (χ4v) is 2.20. The van der Waals surface area contributed by atoms with Crippen molar-refractivity contribution in [1.82, 2.24) is 14.0 Å². The first kappa shape index (κ1) is 12.5. The molecule has 0 unspecified atom stereocenters. The molecule has 20 heavy (non-hydrogen) atoms. The molecule has 0 aliphatic carbocycles. The largest absolute Gasteiger partial charge is 0.461 e. The zero-order chi connectivity index (χ0) is 14.1. The van der Waals surface area contributed by atoms with Crippen LogP contribution in [-0.4, -0.2) is 26.5 Å². The number of rotatable bonds is 3. The van der Waals surface area contributed by atoms with E-state index in [1.54, 1.807) is 17.7 Å². The van der Waals surface area contributed by atoms with E-state index in [1.165, 1.54) is 0 Å². The van der Waals surface area contributed by atoms with Crippen molar-refractivity contribution in [3.05, 3.63) is 48.4 Å². The molecule has 0 spiro atoms. The average molecular weight is 269 g/mol. The second-order valence-electron chi connectivity index (χ2n) is 4.49. The lowest BCUT2D eigenvalue weighted by atomic mass is 10.2. The van der Waals surface area contributed by atoms with Crippen LogP contribution in [0.5, 0.6) is 0 Å². The maximum absolute atomic E-state index is 11.8. The Morgan fingerprint density at radius 1 is 1.25 bits per heavy atom. The molecule has 0 saturated carbocycles. The van der Waals surface area contributed by atoms with Crippen LogP contribution in [0.3, 0.4) is 0 Å². The highest BCUT2D eigenvalue weighted by molar-refractivity contribution is 5.88. The fourth-order valence-electron chi connectivity index (χ4n) is 2.20. The molecule has 1 aromatic carbocycles. The molecule has 0 aliphatic heterocycles. The summed E-state index contributed by atoms with van der Waals surface area (Å²) in [5.41, 5.74) is 2.43. The van der Waals surface area contributed by atoms with Crippen molar-refractivity contribution in [2.45, 2.75) is 6.92 Å². The summed E-state index contributed by atoms with van der Waals surface area (Å²) in [6, 6.07) is 9.94. The molecule has 0 fully saturated rings. The summed E-state index contributed by atoms with van der Waals surface area (Å²) in [6.45, 7) is 2.15. The minimum absolute atomic E-state index is 0.332. The molecular formula is C15H15N3O2. The molecule has 0 saturated heterocycles. The van der Waals surface area contributed by atoms with E-state index in [0.717, 1.165) is 11.3 Å². The highest BCUT2D eigenvalue weighted by Crippen LogP contribution is 2.20. The smallest absolute Gasteiger partial charge is 0.356 e. The zero-order valence-corrected chi connectivity index (χ0v) is 11.4. The Hall–Kier alpha value is -2.56. The molecule has 2 heterocycles. The quantitative estimate of drug-likeness (QED) is 0.686. The molecule has 102 valence electrons. The van der Waals surface area contributed by atoms with Crippen LogP contribution in [0, 0.1) is 0 Å². The van der Waals surface area contributed by atoms with Crippen LogP contribution in [-0.2, 0) is 11.8 Å². The van der Waals surface area contributed by atoms with Crippen molar-refractivity contribution in [3.8, 4) is 11.3 Å². The summed E-state index contributed by atoms with van der Waals surface area (Å²) in [4.78, 5) is 16.4. The average Bonchev–Trinajstić information content (AvgIpc) is 3.00. The second-order valence-corrected chi connectivity index (χ2v) is 4.49. The molecule has 0 atom stereocenters. The van der Waals surface area contributed by atoms with Crippen LogP contribution in [0.2, 0.25) is 0 Å². The van der Waals surface area contributed by atoms with Gasteiger partial charge in [-0.15, -0.1) is 0 Å². The first-order valence-electron chi connectivity index (χ1n) is 6.47. The van der Waals surface area contributed by atoms with E-state index in [9.17, 15) is 4.79 Å². The van der Waals surface area contributed by atoms with Gasteiger partial charge in [-0.1, -0.05) is 30.3 Å². The minimum atomic E-state index is -0.332. The van der Waals surface area contributed by atoms with Crippen molar-refractivity contribution in [3.63, 3.8) is 0 Å². The number of nitrogens with zero attached hydrogens (tertiary/aromatic N) is 3. The maximum atomic E-state index is 11.8. The third kappa shape index (κ3) is 1.97. The summed E-state index contributed by atoms with van der Waals surface area (Å²) >= 11 is 0. The van der Waals surface area contributed by atoms with Crippen LogP contribution in [0.25, 0.3) is 17.0 Å². The van der Waals surface area contributed by atoms with Crippen LogP contribution in [0.4, 0.5) is 0 Å². The third-order valence-corrected chi connectivity index (χ3v) is 3.19. The number of fused-ring (bicyclic) bond motifs is 1. The topological polar surface area (TPSA) is 48.5 Å². The van der Waals surface area contributed by atoms with Crippen molar-refractivity contribution in [2.24, 2.45) is 7.05 Å². The predicted molar refractivity (Wildman–Crippen MR) is 75.6 cm³/mol. The van der Waals surface area contributed by atoms with Gasteiger partial charge in [-0.05, 0) is 6.92 Å². The summed E-state index contributed by atoms with van der Waals surface area (Å²) in [6.07, 6.45) is 3.65. The predicted octanol–water partition coefficient (Wildman–Crippen LogP) is 2.52. The number of imidazole rings is 2. The van der Waals surface area contributed by atoms with E-state index in [1.807, 2.05) is 48.0 Å². The van der Waals surface area contributed by atoms with Gasteiger partial charge in [-0.3, -0.25) is 4.40 Å². The highest BCUT2D eigenvalue weighted by Gasteiger charge is 2.16. The van der Waals surface area contributed by atoms with Crippen LogP contribution in [0.15, 0.2) is 42.7 Å². The van der Waals surface area contributed by atoms with Gasteiger partial charge >= 0.3 is 5.97 Å². The third-order valence-electron chi connectivity index (χ3n) is 3.19. The Morgan fingerprint density at radius 2 is 2.00 bits per heavy atom. The normalized spacial score (nSPS) is 10.9. The minimum Gasteiger partial charge on any atom is -0.461 e. The lowest BCUT2D eigenvalue weighted by Crippen LogP contribution is -2.09. The molecule has 3 aromatic rings. The van der Waals surface area contributed by atoms with Gasteiger partial charge in [-0.25, -0.2) is 9.78 Å². The monoisotopic (exact) mass is 269 g/mol. The van der Waals surface area contributed by atoms with Crippen molar-refractivity contribution >= 4 is 11.7 Å². The zero-order valence-electron chi connectivity index (χ0n) is 11.4. The molecule has 0 aliphatic rings. The number of aromatic nitrogens is 3. The Labute approximate surface area is 116 Å². The van der Waals surface area contributed by atoms with Crippen LogP contribution in [0.1, 0.15) is 17.4 Å². The van der Waals surface area contributed by atoms with Gasteiger partial charge in [0.15, 0.2) is 0 Å². The standard InChI is InChI=1S/C15H15N3O2/c1-3-20-14(19)13-10-18-9-12(16-15(18)17(13)2)11-7-5-4-6-8-11/h4-10H,3H2,1-2H3. The first-order chi connectivity index (χ1) is 9.70. The van der Waals surface area contributed by atoms with Gasteiger partial charge in [0.25, 0.3) is 0 Å². The van der Waals surface area contributed by atoms with Gasteiger partial charge in [-0.2, -0.15) is 0 Å². The lowest BCUT2D eigenvalue weighted by Gasteiger charge is -2.01. The molecule has 2 aromatic heterocycles. The molecule has 5 nitrogen and oxygen atoms in total. The number of carbonyl (C=O) groups is 1. The summed E-state index contributed by atoms with van der Waals surface area (Å²) < 4.78 is 8.60. The molecule has 0 N–H and O–H groups in total. The Bertz CT molecular complexity index is 756. The van der Waals surface area contributed by atoms with Gasteiger partial charge in [0.2, 0.25) is 5.78 Å². The van der Waals surface area contributed by atoms with E-state index in [0.29, 0.717) is 18.1 Å². The summed E-state index contributed by atoms with van der Waals surface area (Å²) in [7, 11) is 1.81. The van der Waals surface area contributed by atoms with E-state index >= 15 is 0 Å². The van der Waals surface area contributed by atoms with Gasteiger partial charge in [0.05, 0.1) is 12.3 Å². The van der Waals surface area contributed by atoms with E-state index in [2.05, 4.69) is 4.98 Å². The Balaban J connectivity index is 2.04. The van der Waals surface area contributed by atoms with E-state index < -0.39 is 0 Å². The van der Waals surface area contributed by atoms with E-state index in [4.69, 9.17) is 4.74 Å². The molecule has 3 rings (SSSR count). The van der Waals surface area contributed by atoms with Gasteiger partial charge in [0, 0.05) is 25.0 Å². The number of aryl methyl sites for hydroxylation is 1. The van der Waals surface area contributed by atoms with Crippen molar-refractivity contribution in [2.75, 3.05) is 6.61 Å². The number of ether oxygens (including phenoxy) is 1. The first-order valence-corrected chi connectivity index (χ1v) is 6.47. The highest BCUT2D eigenvalue weighted by atomic mass is 16.5. The molecular weight excluding hydrogens is 254 g/mol. The Kier molecular flexibility index (Phi) is 3.02. The number of hydrogen-bond acceptors (Lipinski definition) is 3. The number of carbonyl (C=O) groups excluding carboxylic acids is 1. The molecule has 0 radical (unpaired) electrons. The van der Waals surface area contributed by atoms with E-state index in [-0.39, 0.29) is 5.97 Å². The van der Waals surface area contributed by atoms with Gasteiger partial charge in [0.1, 0.15) is 5.69 Å². The number of hydrogen-bond donors (Lipinski definition) is 0. The summed E-state index contributed by atoms with van der Waals surface area (Å²) in [5, 5.41) is 0. The lowest BCUT2D eigenvalue weighted by molar-refractivity contribution is 0.0515. The SMILES string of the molecule is CCOC(=O)c1cn2cc(-c3ccccc3)nc2n1C. The maximum Gasteiger partial charge on any atom is 0.356 e. The molecule has 0 amide bonds. The van der Waals surface area contributed by atoms with Crippen molar-refractivity contribution in [1.29, 1.82) is 0 Å². The number of benzene rings is 1. The van der Waals surface area contributed by atoms with Crippen molar-refractivity contribution < 1.29 is 9.53 Å². The number of esters is 1. The molecule has 5 heteroatoms. The second kappa shape index (κ2) is 4.85. The Morgan fingerprint density at radius 3 is 2.65 bits per heavy atom.